The summed E-state index contributed by atoms with van der Waals surface area (Å²) in [6.45, 7) is 3.34. The number of nitrogens with one attached hydrogen (secondary N) is 1. The number of carbonyl (C=O) groups is 2. The summed E-state index contributed by atoms with van der Waals surface area (Å²) < 4.78 is 8.72. The van der Waals surface area contributed by atoms with Crippen molar-refractivity contribution in [2.24, 2.45) is 0 Å². The second kappa shape index (κ2) is 8.03. The molecule has 0 saturated heterocycles. The molecule has 1 aromatic heterocycles. The van der Waals surface area contributed by atoms with Gasteiger partial charge in [-0.15, -0.1) is 5.10 Å². The lowest BCUT2D eigenvalue weighted by molar-refractivity contribution is -0.124. The summed E-state index contributed by atoms with van der Waals surface area (Å²) in [6.07, 6.45) is 0.582. The van der Waals surface area contributed by atoms with Crippen LogP contribution >= 0.6 is 23.1 Å². The molecule has 0 bridgehead atoms. The molecule has 0 aliphatic heterocycles. The molecule has 0 fully saturated rings. The van der Waals surface area contributed by atoms with Gasteiger partial charge in [0.1, 0.15) is 0 Å². The third kappa shape index (κ3) is 4.74. The van der Waals surface area contributed by atoms with Gasteiger partial charge in [-0.05, 0) is 42.6 Å². The fourth-order valence-electron chi connectivity index (χ4n) is 1.93. The van der Waals surface area contributed by atoms with Crippen LogP contribution in [-0.2, 0) is 16.0 Å². The summed E-state index contributed by atoms with van der Waals surface area (Å²) in [7, 11) is 0. The standard InChI is InChI=1S/C15H16ClN3O3S/c1-3-12-14(23-19-18-12)15(21)22-8-13(20)17-9(2)10-5-4-6-11(16)7-10/h4-7,9H,3,8H2,1-2H3,(H,17,20)/t9-/m0/s1. The van der Waals surface area contributed by atoms with Crippen LogP contribution < -0.4 is 5.32 Å². The Morgan fingerprint density at radius 3 is 2.91 bits per heavy atom. The van der Waals surface area contributed by atoms with E-state index in [1.807, 2.05) is 26.0 Å². The van der Waals surface area contributed by atoms with Crippen LogP contribution in [0.1, 0.15) is 40.8 Å². The van der Waals surface area contributed by atoms with Crippen molar-refractivity contribution in [3.63, 3.8) is 0 Å². The molecule has 0 radical (unpaired) electrons. The minimum Gasteiger partial charge on any atom is -0.451 e. The third-order valence-electron chi connectivity index (χ3n) is 3.14. The average molecular weight is 354 g/mol. The minimum absolute atomic E-state index is 0.240. The van der Waals surface area contributed by atoms with Crippen LogP contribution in [0, 0.1) is 0 Å². The van der Waals surface area contributed by atoms with Gasteiger partial charge in [0.2, 0.25) is 0 Å². The molecule has 122 valence electrons. The lowest BCUT2D eigenvalue weighted by Crippen LogP contribution is -2.31. The van der Waals surface area contributed by atoms with Crippen LogP contribution in [0.15, 0.2) is 24.3 Å². The Labute approximate surface area is 143 Å². The smallest absolute Gasteiger partial charge is 0.352 e. The van der Waals surface area contributed by atoms with Gasteiger partial charge in [-0.3, -0.25) is 4.79 Å². The summed E-state index contributed by atoms with van der Waals surface area (Å²) in [5, 5.41) is 7.18. The van der Waals surface area contributed by atoms with E-state index in [1.165, 1.54) is 0 Å². The Kier molecular flexibility index (Phi) is 6.06. The Morgan fingerprint density at radius 2 is 2.22 bits per heavy atom. The van der Waals surface area contributed by atoms with Gasteiger partial charge < -0.3 is 10.1 Å². The van der Waals surface area contributed by atoms with Gasteiger partial charge in [0.05, 0.1) is 11.7 Å². The highest BCUT2D eigenvalue weighted by molar-refractivity contribution is 7.07. The Hall–Kier alpha value is -1.99. The molecule has 1 amide bonds. The van der Waals surface area contributed by atoms with Gasteiger partial charge in [0, 0.05) is 5.02 Å². The van der Waals surface area contributed by atoms with Gasteiger partial charge >= 0.3 is 5.97 Å². The number of amides is 1. The van der Waals surface area contributed by atoms with Crippen molar-refractivity contribution < 1.29 is 14.3 Å². The van der Waals surface area contributed by atoms with Crippen LogP contribution in [-0.4, -0.2) is 28.1 Å². The maximum Gasteiger partial charge on any atom is 0.352 e. The summed E-state index contributed by atoms with van der Waals surface area (Å²) in [4.78, 5) is 24.1. The molecular weight excluding hydrogens is 338 g/mol. The van der Waals surface area contributed by atoms with Crippen molar-refractivity contribution in [3.05, 3.63) is 45.4 Å². The second-order valence-electron chi connectivity index (χ2n) is 4.82. The van der Waals surface area contributed by atoms with Gasteiger partial charge in [-0.25, -0.2) is 4.79 Å². The van der Waals surface area contributed by atoms with Crippen molar-refractivity contribution in [2.45, 2.75) is 26.3 Å². The molecule has 1 aromatic carbocycles. The lowest BCUT2D eigenvalue weighted by Gasteiger charge is -2.14. The Morgan fingerprint density at radius 1 is 1.43 bits per heavy atom. The average Bonchev–Trinajstić information content (AvgIpc) is 3.01. The van der Waals surface area contributed by atoms with Crippen LogP contribution in [0.25, 0.3) is 0 Å². The monoisotopic (exact) mass is 353 g/mol. The predicted molar refractivity (Wildman–Crippen MR) is 87.6 cm³/mol. The minimum atomic E-state index is -0.581. The maximum atomic E-state index is 11.9. The van der Waals surface area contributed by atoms with Crippen molar-refractivity contribution in [1.29, 1.82) is 0 Å². The Bertz CT molecular complexity index is 705. The number of carbonyl (C=O) groups excluding carboxylic acids is 2. The molecule has 0 aliphatic rings. The molecular formula is C15H16ClN3O3S. The number of hydrogen-bond donors (Lipinski definition) is 1. The number of rotatable bonds is 6. The number of ether oxygens (including phenoxy) is 1. The molecule has 1 N–H and O–H groups in total. The summed E-state index contributed by atoms with van der Waals surface area (Å²) >= 11 is 6.89. The van der Waals surface area contributed by atoms with E-state index in [-0.39, 0.29) is 18.6 Å². The number of aryl methyl sites for hydroxylation is 1. The molecule has 0 spiro atoms. The first-order chi connectivity index (χ1) is 11.0. The number of benzene rings is 1. The highest BCUT2D eigenvalue weighted by atomic mass is 35.5. The SMILES string of the molecule is CCc1nnsc1C(=O)OCC(=O)N[C@@H](C)c1cccc(Cl)c1. The zero-order chi connectivity index (χ0) is 16.8. The summed E-state index contributed by atoms with van der Waals surface area (Å²) in [5.74, 6) is -0.969. The summed E-state index contributed by atoms with van der Waals surface area (Å²) in [5.41, 5.74) is 1.45. The van der Waals surface area contributed by atoms with E-state index in [0.717, 1.165) is 17.1 Å². The number of nitrogens with zero attached hydrogens (tertiary/aromatic N) is 2. The van der Waals surface area contributed by atoms with Gasteiger partial charge in [0.25, 0.3) is 5.91 Å². The molecule has 0 aliphatic carbocycles. The van der Waals surface area contributed by atoms with Crippen LogP contribution in [0.4, 0.5) is 0 Å². The molecule has 23 heavy (non-hydrogen) atoms. The van der Waals surface area contributed by atoms with Crippen molar-refractivity contribution >= 4 is 35.0 Å². The summed E-state index contributed by atoms with van der Waals surface area (Å²) in [6, 6.07) is 6.96. The van der Waals surface area contributed by atoms with E-state index >= 15 is 0 Å². The first kappa shape index (κ1) is 17.4. The van der Waals surface area contributed by atoms with Crippen molar-refractivity contribution in [1.82, 2.24) is 14.9 Å². The zero-order valence-electron chi connectivity index (χ0n) is 12.7. The maximum absolute atomic E-state index is 11.9. The van der Waals surface area contributed by atoms with Gasteiger partial charge in [-0.2, -0.15) is 0 Å². The lowest BCUT2D eigenvalue weighted by atomic mass is 10.1. The molecule has 2 aromatic rings. The quantitative estimate of drug-likeness (QED) is 0.807. The van der Waals surface area contributed by atoms with E-state index in [1.54, 1.807) is 12.1 Å². The molecule has 1 heterocycles. The topological polar surface area (TPSA) is 81.2 Å². The van der Waals surface area contributed by atoms with Crippen LogP contribution in [0.5, 0.6) is 0 Å². The molecule has 6 nitrogen and oxygen atoms in total. The number of esters is 1. The number of aromatic nitrogens is 2. The molecule has 0 saturated carbocycles. The fourth-order valence-corrected chi connectivity index (χ4v) is 2.78. The van der Waals surface area contributed by atoms with E-state index in [0.29, 0.717) is 22.0 Å². The van der Waals surface area contributed by atoms with E-state index in [4.69, 9.17) is 16.3 Å². The van der Waals surface area contributed by atoms with E-state index in [2.05, 4.69) is 14.9 Å². The normalized spacial score (nSPS) is 11.8. The highest BCUT2D eigenvalue weighted by Gasteiger charge is 2.18. The first-order valence-electron chi connectivity index (χ1n) is 7.04. The number of halogens is 1. The largest absolute Gasteiger partial charge is 0.451 e. The Balaban J connectivity index is 1.86. The fraction of sp³-hybridized carbons (Fsp3) is 0.333. The zero-order valence-corrected chi connectivity index (χ0v) is 14.3. The predicted octanol–water partition coefficient (Wildman–Crippen LogP) is 2.79. The van der Waals surface area contributed by atoms with Crippen molar-refractivity contribution in [2.75, 3.05) is 6.61 Å². The van der Waals surface area contributed by atoms with Crippen molar-refractivity contribution in [3.8, 4) is 0 Å². The van der Waals surface area contributed by atoms with Gasteiger partial charge in [-0.1, -0.05) is 35.1 Å². The molecule has 1 atom stereocenters. The molecule has 2 rings (SSSR count). The van der Waals surface area contributed by atoms with Crippen LogP contribution in [0.3, 0.4) is 0 Å². The van der Waals surface area contributed by atoms with Crippen LogP contribution in [0.2, 0.25) is 5.02 Å². The van der Waals surface area contributed by atoms with E-state index < -0.39 is 5.97 Å². The second-order valence-corrected chi connectivity index (χ2v) is 6.01. The third-order valence-corrected chi connectivity index (χ3v) is 4.12. The highest BCUT2D eigenvalue weighted by Crippen LogP contribution is 2.17. The van der Waals surface area contributed by atoms with E-state index in [9.17, 15) is 9.59 Å². The van der Waals surface area contributed by atoms with Gasteiger partial charge in [0.15, 0.2) is 11.5 Å². The molecule has 0 unspecified atom stereocenters. The molecule has 8 heteroatoms. The first-order valence-corrected chi connectivity index (χ1v) is 8.19. The number of hydrogen-bond acceptors (Lipinski definition) is 6.